The molecule has 1 aromatic carbocycles. The molecule has 0 heterocycles. The van der Waals surface area contributed by atoms with Gasteiger partial charge in [0.2, 0.25) is 0 Å². The zero-order valence-corrected chi connectivity index (χ0v) is 12.6. The van der Waals surface area contributed by atoms with Gasteiger partial charge in [0.05, 0.1) is 50.0 Å². The molecule has 120 valence electrons. The van der Waals surface area contributed by atoms with Gasteiger partial charge in [-0.2, -0.15) is 10.5 Å². The largest absolute Gasteiger partial charge is 0.493 e. The zero-order chi connectivity index (χ0) is 17.6. The molecule has 0 spiro atoms. The second-order valence-electron chi connectivity index (χ2n) is 4.26. The highest BCUT2D eigenvalue weighted by Gasteiger charge is 2.36. The molecule has 1 aromatic rings. The van der Waals surface area contributed by atoms with E-state index < -0.39 is 28.4 Å². The molecule has 0 saturated heterocycles. The highest BCUT2D eigenvalue weighted by molar-refractivity contribution is 5.78. The maximum absolute atomic E-state index is 11.7. The van der Waals surface area contributed by atoms with E-state index in [2.05, 4.69) is 4.74 Å². The molecule has 2 atom stereocenters. The number of nitriles is 2. The molecule has 9 nitrogen and oxygen atoms in total. The fraction of sp³-hybridized carbons (Fsp3) is 0.357. The quantitative estimate of drug-likeness (QED) is 0.437. The molecule has 0 aliphatic rings. The number of carbonyl (C=O) groups excluding carboxylic acids is 1. The van der Waals surface area contributed by atoms with Crippen molar-refractivity contribution >= 4 is 11.7 Å². The van der Waals surface area contributed by atoms with Crippen molar-refractivity contribution in [3.63, 3.8) is 0 Å². The molecule has 0 N–H and O–H groups in total. The number of rotatable bonds is 6. The first-order valence-corrected chi connectivity index (χ1v) is 6.22. The summed E-state index contributed by atoms with van der Waals surface area (Å²) in [6.07, 6.45) is 0. The Morgan fingerprint density at radius 2 is 1.74 bits per heavy atom. The fourth-order valence-corrected chi connectivity index (χ4v) is 2.01. The van der Waals surface area contributed by atoms with E-state index in [0.29, 0.717) is 0 Å². The van der Waals surface area contributed by atoms with Gasteiger partial charge in [0.15, 0.2) is 17.4 Å². The van der Waals surface area contributed by atoms with E-state index in [4.69, 9.17) is 14.7 Å². The third-order valence-corrected chi connectivity index (χ3v) is 3.13. The molecule has 0 fully saturated rings. The minimum absolute atomic E-state index is 0.0891. The zero-order valence-electron chi connectivity index (χ0n) is 12.6. The minimum atomic E-state index is -1.51. The maximum atomic E-state index is 11.7. The first-order valence-electron chi connectivity index (χ1n) is 6.22. The number of hydrogen-bond donors (Lipinski definition) is 0. The summed E-state index contributed by atoms with van der Waals surface area (Å²) in [7, 11) is 3.68. The molecular formula is C14H13N3O6. The molecule has 0 aromatic heterocycles. The summed E-state index contributed by atoms with van der Waals surface area (Å²) in [5, 5.41) is 29.7. The van der Waals surface area contributed by atoms with Crippen LogP contribution in [0.2, 0.25) is 0 Å². The number of benzene rings is 1. The van der Waals surface area contributed by atoms with Gasteiger partial charge in [-0.25, -0.2) is 0 Å². The van der Waals surface area contributed by atoms with Gasteiger partial charge >= 0.3 is 5.97 Å². The molecule has 23 heavy (non-hydrogen) atoms. The van der Waals surface area contributed by atoms with Gasteiger partial charge in [-0.15, -0.1) is 0 Å². The molecule has 0 bridgehead atoms. The Hall–Kier alpha value is -3.33. The van der Waals surface area contributed by atoms with E-state index in [-0.39, 0.29) is 17.1 Å². The van der Waals surface area contributed by atoms with Gasteiger partial charge in [-0.05, 0) is 6.07 Å². The third-order valence-electron chi connectivity index (χ3n) is 3.13. The Balaban J connectivity index is 3.60. The Labute approximate surface area is 131 Å². The van der Waals surface area contributed by atoms with Crippen molar-refractivity contribution in [1.29, 1.82) is 10.5 Å². The van der Waals surface area contributed by atoms with Crippen molar-refractivity contribution < 1.29 is 23.9 Å². The minimum Gasteiger partial charge on any atom is -0.493 e. The van der Waals surface area contributed by atoms with Gasteiger partial charge in [0.1, 0.15) is 5.92 Å². The van der Waals surface area contributed by atoms with Gasteiger partial charge < -0.3 is 14.2 Å². The maximum Gasteiger partial charge on any atom is 0.324 e. The lowest BCUT2D eigenvalue weighted by atomic mass is 9.86. The average Bonchev–Trinajstić information content (AvgIpc) is 2.57. The fourth-order valence-electron chi connectivity index (χ4n) is 2.01. The third kappa shape index (κ3) is 3.47. The predicted octanol–water partition coefficient (Wildman–Crippen LogP) is 1.53. The summed E-state index contributed by atoms with van der Waals surface area (Å²) in [4.78, 5) is 22.2. The lowest BCUT2D eigenvalue weighted by molar-refractivity contribution is -0.385. The summed E-state index contributed by atoms with van der Waals surface area (Å²) in [6, 6.07) is 5.67. The SMILES string of the molecule is COC(=O)C(C#N)C(C#N)c1cc(OC)c(OC)cc1[N+](=O)[O-]. The summed E-state index contributed by atoms with van der Waals surface area (Å²) in [6.45, 7) is 0. The number of nitrogens with zero attached hydrogens (tertiary/aromatic N) is 3. The molecule has 0 aliphatic carbocycles. The van der Waals surface area contributed by atoms with Crippen molar-refractivity contribution in [2.24, 2.45) is 5.92 Å². The molecule has 0 saturated carbocycles. The molecular weight excluding hydrogens is 306 g/mol. The van der Waals surface area contributed by atoms with E-state index in [1.54, 1.807) is 12.1 Å². The van der Waals surface area contributed by atoms with Crippen molar-refractivity contribution in [1.82, 2.24) is 0 Å². The van der Waals surface area contributed by atoms with Crippen molar-refractivity contribution in [3.05, 3.63) is 27.8 Å². The van der Waals surface area contributed by atoms with Crippen LogP contribution in [0, 0.1) is 38.7 Å². The summed E-state index contributed by atoms with van der Waals surface area (Å²) < 4.78 is 14.5. The Kier molecular flexibility index (Phi) is 5.87. The Morgan fingerprint density at radius 3 is 2.13 bits per heavy atom. The Morgan fingerprint density at radius 1 is 1.17 bits per heavy atom. The molecule has 2 unspecified atom stereocenters. The smallest absolute Gasteiger partial charge is 0.324 e. The van der Waals surface area contributed by atoms with Crippen LogP contribution in [0.4, 0.5) is 5.69 Å². The van der Waals surface area contributed by atoms with Crippen LogP contribution in [-0.2, 0) is 9.53 Å². The average molecular weight is 319 g/mol. The highest BCUT2D eigenvalue weighted by Crippen LogP contribution is 2.40. The summed E-state index contributed by atoms with van der Waals surface area (Å²) in [5.74, 6) is -3.64. The van der Waals surface area contributed by atoms with Crippen molar-refractivity contribution in [3.8, 4) is 23.6 Å². The second kappa shape index (κ2) is 7.61. The van der Waals surface area contributed by atoms with Crippen LogP contribution in [0.15, 0.2) is 12.1 Å². The number of esters is 1. The van der Waals surface area contributed by atoms with E-state index in [9.17, 15) is 20.2 Å². The van der Waals surface area contributed by atoms with Crippen LogP contribution in [0.3, 0.4) is 0 Å². The number of methoxy groups -OCH3 is 3. The number of nitro groups is 1. The lowest BCUT2D eigenvalue weighted by Gasteiger charge is -2.16. The molecule has 0 radical (unpaired) electrons. The Bertz CT molecular complexity index is 704. The number of hydrogen-bond acceptors (Lipinski definition) is 8. The van der Waals surface area contributed by atoms with E-state index in [1.165, 1.54) is 20.3 Å². The van der Waals surface area contributed by atoms with Gasteiger partial charge in [-0.3, -0.25) is 14.9 Å². The van der Waals surface area contributed by atoms with Crippen molar-refractivity contribution in [2.45, 2.75) is 5.92 Å². The highest BCUT2D eigenvalue weighted by atomic mass is 16.6. The van der Waals surface area contributed by atoms with Gasteiger partial charge in [0.25, 0.3) is 5.69 Å². The first kappa shape index (κ1) is 17.7. The number of nitro benzene ring substituents is 1. The van der Waals surface area contributed by atoms with E-state index in [0.717, 1.165) is 13.2 Å². The van der Waals surface area contributed by atoms with Crippen LogP contribution in [0.5, 0.6) is 11.5 Å². The van der Waals surface area contributed by atoms with Crippen LogP contribution in [-0.4, -0.2) is 32.2 Å². The summed E-state index contributed by atoms with van der Waals surface area (Å²) in [5.41, 5.74) is -0.592. The molecule has 9 heteroatoms. The standard InChI is InChI=1S/C14H13N3O6/c1-21-12-4-8(11(17(19)20)5-13(12)22-2)9(6-15)10(7-16)14(18)23-3/h4-5,9-10H,1-3H3. The second-order valence-corrected chi connectivity index (χ2v) is 4.26. The molecule has 0 amide bonds. The monoisotopic (exact) mass is 319 g/mol. The van der Waals surface area contributed by atoms with Crippen LogP contribution in [0.25, 0.3) is 0 Å². The molecule has 0 aliphatic heterocycles. The van der Waals surface area contributed by atoms with Crippen LogP contribution < -0.4 is 9.47 Å². The predicted molar refractivity (Wildman–Crippen MR) is 75.7 cm³/mol. The van der Waals surface area contributed by atoms with Gasteiger partial charge in [-0.1, -0.05) is 0 Å². The number of ether oxygens (including phenoxy) is 3. The van der Waals surface area contributed by atoms with Gasteiger partial charge in [0, 0.05) is 0 Å². The van der Waals surface area contributed by atoms with Crippen molar-refractivity contribution in [2.75, 3.05) is 21.3 Å². The van der Waals surface area contributed by atoms with E-state index in [1.807, 2.05) is 0 Å². The number of carbonyl (C=O) groups is 1. The van der Waals surface area contributed by atoms with Crippen LogP contribution >= 0.6 is 0 Å². The summed E-state index contributed by atoms with van der Waals surface area (Å²) >= 11 is 0. The van der Waals surface area contributed by atoms with E-state index >= 15 is 0 Å². The normalized spacial score (nSPS) is 12.2. The lowest BCUT2D eigenvalue weighted by Crippen LogP contribution is -2.22. The topological polar surface area (TPSA) is 135 Å². The molecule has 1 rings (SSSR count). The van der Waals surface area contributed by atoms with Crippen LogP contribution in [0.1, 0.15) is 11.5 Å². The first-order chi connectivity index (χ1) is 10.9.